The molecule has 4 rings (SSSR count). The van der Waals surface area contributed by atoms with Crippen LogP contribution in [0, 0.1) is 5.82 Å². The molecule has 0 saturated heterocycles. The first-order valence-corrected chi connectivity index (χ1v) is 8.26. The Bertz CT molecular complexity index is 1040. The fourth-order valence-corrected chi connectivity index (χ4v) is 3.56. The van der Waals surface area contributed by atoms with Crippen molar-refractivity contribution in [1.82, 2.24) is 9.88 Å². The second-order valence-electron chi connectivity index (χ2n) is 6.34. The Hall–Kier alpha value is -2.95. The number of pyridine rings is 1. The third kappa shape index (κ3) is 2.52. The van der Waals surface area contributed by atoms with Gasteiger partial charge in [0.15, 0.2) is 0 Å². The van der Waals surface area contributed by atoms with Crippen molar-refractivity contribution in [1.29, 1.82) is 0 Å². The average molecular weight is 336 g/mol. The Kier molecular flexibility index (Phi) is 3.64. The number of nitrogens with zero attached hydrogens (tertiary/aromatic N) is 1. The lowest BCUT2D eigenvalue weighted by atomic mass is 9.93. The molecule has 1 N–H and O–H groups in total. The number of nitrogens with one attached hydrogen (secondary N) is 1. The zero-order chi connectivity index (χ0) is 17.6. The molecule has 0 saturated carbocycles. The largest absolute Gasteiger partial charge is 0.360 e. The monoisotopic (exact) mass is 336 g/mol. The number of aromatic amines is 1. The predicted octanol–water partition coefficient (Wildman–Crippen LogP) is 3.43. The molecule has 1 aliphatic heterocycles. The number of H-pyrrole nitrogens is 1. The van der Waals surface area contributed by atoms with Gasteiger partial charge in [0.25, 0.3) is 5.91 Å². The maximum absolute atomic E-state index is 13.4. The van der Waals surface area contributed by atoms with Crippen molar-refractivity contribution in [3.8, 4) is 0 Å². The summed E-state index contributed by atoms with van der Waals surface area (Å²) in [5, 5.41) is 0.500. The van der Waals surface area contributed by atoms with Gasteiger partial charge >= 0.3 is 0 Å². The molecule has 1 amide bonds. The lowest BCUT2D eigenvalue weighted by Crippen LogP contribution is -2.40. The Morgan fingerprint density at radius 2 is 2.04 bits per heavy atom. The van der Waals surface area contributed by atoms with E-state index in [4.69, 9.17) is 0 Å². The molecule has 0 spiro atoms. The van der Waals surface area contributed by atoms with E-state index in [-0.39, 0.29) is 28.8 Å². The van der Waals surface area contributed by atoms with Gasteiger partial charge in [-0.3, -0.25) is 9.59 Å². The van der Waals surface area contributed by atoms with Crippen LogP contribution in [0.15, 0.2) is 53.5 Å². The Morgan fingerprint density at radius 1 is 1.24 bits per heavy atom. The number of carbonyl (C=O) groups excluding carboxylic acids is 1. The molecule has 2 aromatic carbocycles. The van der Waals surface area contributed by atoms with Crippen molar-refractivity contribution in [2.45, 2.75) is 19.4 Å². The summed E-state index contributed by atoms with van der Waals surface area (Å²) >= 11 is 0. The number of aromatic nitrogens is 1. The number of halogens is 1. The minimum Gasteiger partial charge on any atom is -0.360 e. The first kappa shape index (κ1) is 15.6. The van der Waals surface area contributed by atoms with Crippen molar-refractivity contribution >= 4 is 16.8 Å². The summed E-state index contributed by atoms with van der Waals surface area (Å²) in [7, 11) is 0. The van der Waals surface area contributed by atoms with E-state index < -0.39 is 0 Å². The molecule has 1 aromatic heterocycles. The third-order valence-electron chi connectivity index (χ3n) is 4.92. The average Bonchev–Trinajstić information content (AvgIpc) is 2.62. The van der Waals surface area contributed by atoms with E-state index in [2.05, 4.69) is 4.98 Å². The number of hydrogen-bond donors (Lipinski definition) is 1. The summed E-state index contributed by atoms with van der Waals surface area (Å²) in [6.45, 7) is 2.37. The second-order valence-corrected chi connectivity index (χ2v) is 6.34. The highest BCUT2D eigenvalue weighted by molar-refractivity contribution is 5.97. The Labute approximate surface area is 143 Å². The van der Waals surface area contributed by atoms with E-state index in [9.17, 15) is 14.0 Å². The van der Waals surface area contributed by atoms with Crippen LogP contribution in [0.1, 0.15) is 34.5 Å². The second kappa shape index (κ2) is 5.84. The van der Waals surface area contributed by atoms with Crippen LogP contribution < -0.4 is 5.43 Å². The molecule has 3 aromatic rings. The molecular weight excluding hydrogens is 319 g/mol. The fraction of sp³-hybridized carbons (Fsp3) is 0.200. The number of fused-ring (bicyclic) bond motifs is 2. The van der Waals surface area contributed by atoms with Crippen molar-refractivity contribution in [3.05, 3.63) is 81.4 Å². The van der Waals surface area contributed by atoms with Gasteiger partial charge in [0.05, 0.1) is 6.04 Å². The minimum absolute atomic E-state index is 0.135. The van der Waals surface area contributed by atoms with E-state index in [0.717, 1.165) is 11.1 Å². The van der Waals surface area contributed by atoms with E-state index in [0.29, 0.717) is 23.9 Å². The molecular formula is C20H17FN2O2. The summed E-state index contributed by atoms with van der Waals surface area (Å²) in [4.78, 5) is 30.4. The van der Waals surface area contributed by atoms with Crippen molar-refractivity contribution < 1.29 is 9.18 Å². The Morgan fingerprint density at radius 3 is 2.88 bits per heavy atom. The van der Waals surface area contributed by atoms with Crippen LogP contribution in [-0.4, -0.2) is 22.3 Å². The lowest BCUT2D eigenvalue weighted by molar-refractivity contribution is 0.0676. The van der Waals surface area contributed by atoms with Crippen LogP contribution in [-0.2, 0) is 6.42 Å². The minimum atomic E-state index is -0.297. The van der Waals surface area contributed by atoms with Crippen LogP contribution in [0.3, 0.4) is 0 Å². The molecule has 1 unspecified atom stereocenters. The first-order valence-electron chi connectivity index (χ1n) is 8.26. The number of carbonyl (C=O) groups is 1. The number of rotatable bonds is 1. The highest BCUT2D eigenvalue weighted by Gasteiger charge is 2.29. The molecule has 1 aliphatic rings. The smallest absolute Gasteiger partial charge is 0.259 e. The zero-order valence-electron chi connectivity index (χ0n) is 13.8. The van der Waals surface area contributed by atoms with E-state index >= 15 is 0 Å². The van der Waals surface area contributed by atoms with Gasteiger partial charge in [-0.05, 0) is 48.7 Å². The maximum Gasteiger partial charge on any atom is 0.259 e. The molecule has 25 heavy (non-hydrogen) atoms. The molecule has 2 heterocycles. The van der Waals surface area contributed by atoms with Crippen LogP contribution in [0.4, 0.5) is 4.39 Å². The van der Waals surface area contributed by atoms with Gasteiger partial charge in [0.1, 0.15) is 11.4 Å². The summed E-state index contributed by atoms with van der Waals surface area (Å²) in [5.41, 5.74) is 2.42. The predicted molar refractivity (Wildman–Crippen MR) is 94.1 cm³/mol. The molecule has 1 atom stereocenters. The van der Waals surface area contributed by atoms with Crippen LogP contribution in [0.5, 0.6) is 0 Å². The van der Waals surface area contributed by atoms with Gasteiger partial charge in [-0.1, -0.05) is 18.2 Å². The third-order valence-corrected chi connectivity index (χ3v) is 4.92. The van der Waals surface area contributed by atoms with Gasteiger partial charge in [-0.2, -0.15) is 0 Å². The number of hydrogen-bond acceptors (Lipinski definition) is 2. The van der Waals surface area contributed by atoms with Crippen molar-refractivity contribution in [3.63, 3.8) is 0 Å². The fourth-order valence-electron chi connectivity index (χ4n) is 3.56. The first-order chi connectivity index (χ1) is 12.1. The van der Waals surface area contributed by atoms with Gasteiger partial charge in [-0.15, -0.1) is 0 Å². The number of amides is 1. The highest BCUT2D eigenvalue weighted by atomic mass is 19.1. The lowest BCUT2D eigenvalue weighted by Gasteiger charge is -2.35. The number of benzene rings is 2. The quantitative estimate of drug-likeness (QED) is 0.740. The van der Waals surface area contributed by atoms with Crippen LogP contribution >= 0.6 is 0 Å². The maximum atomic E-state index is 13.4. The summed E-state index contributed by atoms with van der Waals surface area (Å²) in [6.07, 6.45) is 2.06. The zero-order valence-corrected chi connectivity index (χ0v) is 13.8. The topological polar surface area (TPSA) is 53.2 Å². The van der Waals surface area contributed by atoms with Crippen LogP contribution in [0.2, 0.25) is 0 Å². The van der Waals surface area contributed by atoms with Gasteiger partial charge < -0.3 is 9.88 Å². The van der Waals surface area contributed by atoms with Gasteiger partial charge in [0.2, 0.25) is 5.43 Å². The summed E-state index contributed by atoms with van der Waals surface area (Å²) in [5.74, 6) is -0.564. The standard InChI is InChI=1S/C20H17FN2O2/c1-12-15-7-6-14(21)10-13(15)8-9-23(12)20(25)17-11-22-18-5-3-2-4-16(18)19(17)24/h2-7,10-12H,8-9H2,1H3,(H,22,24). The molecule has 0 bridgehead atoms. The van der Waals surface area contributed by atoms with E-state index in [1.807, 2.05) is 13.0 Å². The molecule has 0 fully saturated rings. The van der Waals surface area contributed by atoms with E-state index in [1.165, 1.54) is 18.3 Å². The molecule has 5 heteroatoms. The number of para-hydroxylation sites is 1. The summed E-state index contributed by atoms with van der Waals surface area (Å²) < 4.78 is 13.4. The van der Waals surface area contributed by atoms with Crippen molar-refractivity contribution in [2.24, 2.45) is 0 Å². The van der Waals surface area contributed by atoms with Gasteiger partial charge in [0, 0.05) is 23.6 Å². The van der Waals surface area contributed by atoms with Crippen LogP contribution in [0.25, 0.3) is 10.9 Å². The molecule has 0 aliphatic carbocycles. The molecule has 126 valence electrons. The van der Waals surface area contributed by atoms with E-state index in [1.54, 1.807) is 29.2 Å². The Balaban J connectivity index is 1.73. The SMILES string of the molecule is CC1c2ccc(F)cc2CCN1C(=O)c1c[nH]c2ccccc2c1=O. The normalized spacial score (nSPS) is 16.7. The van der Waals surface area contributed by atoms with Gasteiger partial charge in [-0.25, -0.2) is 4.39 Å². The van der Waals surface area contributed by atoms with Crippen molar-refractivity contribution in [2.75, 3.05) is 6.54 Å². The molecule has 0 radical (unpaired) electrons. The molecule has 4 nitrogen and oxygen atoms in total. The highest BCUT2D eigenvalue weighted by Crippen LogP contribution is 2.30. The summed E-state index contributed by atoms with van der Waals surface area (Å²) in [6, 6.07) is 11.6.